The molecule has 0 radical (unpaired) electrons. The predicted octanol–water partition coefficient (Wildman–Crippen LogP) is 8.72. The first kappa shape index (κ1) is 22.0. The van der Waals surface area contributed by atoms with Crippen molar-refractivity contribution in [2.45, 2.75) is 18.0 Å². The van der Waals surface area contributed by atoms with Crippen molar-refractivity contribution in [3.63, 3.8) is 0 Å². The average Bonchev–Trinajstić information content (AvgIpc) is 3.39. The highest BCUT2D eigenvalue weighted by atomic mass is 16.8. The van der Waals surface area contributed by atoms with Gasteiger partial charge < -0.3 is 9.47 Å². The number of benzene rings is 6. The van der Waals surface area contributed by atoms with Crippen LogP contribution in [0.25, 0.3) is 21.5 Å². The van der Waals surface area contributed by atoms with Gasteiger partial charge in [0.2, 0.25) is 5.79 Å². The summed E-state index contributed by atoms with van der Waals surface area (Å²) in [5, 5.41) is 4.56. The van der Waals surface area contributed by atoms with Crippen LogP contribution in [0.3, 0.4) is 0 Å². The molecule has 37 heavy (non-hydrogen) atoms. The van der Waals surface area contributed by atoms with Gasteiger partial charge in [-0.05, 0) is 32.7 Å². The molecule has 6 aromatic carbocycles. The molecule has 1 fully saturated rings. The SMILES string of the molecule is c1ccc([C@H]2OC(c3cccc4ccccc34)(c3cccc4ccccc34)O[C@@H]2c2ccccc2)cc1. The van der Waals surface area contributed by atoms with Crippen molar-refractivity contribution < 1.29 is 9.47 Å². The Hall–Kier alpha value is -4.24. The number of rotatable bonds is 4. The Morgan fingerprint density at radius 1 is 0.378 bits per heavy atom. The summed E-state index contributed by atoms with van der Waals surface area (Å²) in [6, 6.07) is 50.6. The van der Waals surface area contributed by atoms with E-state index in [2.05, 4.69) is 133 Å². The van der Waals surface area contributed by atoms with E-state index in [1.54, 1.807) is 0 Å². The second kappa shape index (κ2) is 9.01. The van der Waals surface area contributed by atoms with E-state index < -0.39 is 5.79 Å². The van der Waals surface area contributed by atoms with E-state index in [1.165, 1.54) is 0 Å². The van der Waals surface area contributed by atoms with Crippen molar-refractivity contribution in [1.82, 2.24) is 0 Å². The molecule has 1 aliphatic heterocycles. The Morgan fingerprint density at radius 3 is 1.22 bits per heavy atom. The Morgan fingerprint density at radius 2 is 0.757 bits per heavy atom. The zero-order valence-corrected chi connectivity index (χ0v) is 20.3. The van der Waals surface area contributed by atoms with Crippen LogP contribution in [0.5, 0.6) is 0 Å². The maximum atomic E-state index is 7.27. The lowest BCUT2D eigenvalue weighted by atomic mass is 9.89. The van der Waals surface area contributed by atoms with Crippen molar-refractivity contribution in [3.8, 4) is 0 Å². The first-order valence-electron chi connectivity index (χ1n) is 12.8. The van der Waals surface area contributed by atoms with Gasteiger partial charge in [-0.3, -0.25) is 0 Å². The van der Waals surface area contributed by atoms with E-state index in [9.17, 15) is 0 Å². The Kier molecular flexibility index (Phi) is 5.35. The Balaban J connectivity index is 1.54. The molecule has 0 spiro atoms. The molecule has 0 N–H and O–H groups in total. The van der Waals surface area contributed by atoms with Crippen LogP contribution < -0.4 is 0 Å². The van der Waals surface area contributed by atoms with E-state index in [1.807, 2.05) is 12.1 Å². The second-order valence-corrected chi connectivity index (χ2v) is 9.57. The molecule has 0 bridgehead atoms. The maximum absolute atomic E-state index is 7.27. The largest absolute Gasteiger partial charge is 0.331 e. The van der Waals surface area contributed by atoms with Gasteiger partial charge in [0.25, 0.3) is 0 Å². The van der Waals surface area contributed by atoms with Gasteiger partial charge in [-0.25, -0.2) is 0 Å². The minimum absolute atomic E-state index is 0.290. The topological polar surface area (TPSA) is 18.5 Å². The summed E-state index contributed by atoms with van der Waals surface area (Å²) in [5.41, 5.74) is 4.22. The molecule has 6 aromatic rings. The quantitative estimate of drug-likeness (QED) is 0.252. The van der Waals surface area contributed by atoms with Crippen molar-refractivity contribution in [2.24, 2.45) is 0 Å². The summed E-state index contributed by atoms with van der Waals surface area (Å²) in [6.45, 7) is 0. The average molecular weight is 479 g/mol. The van der Waals surface area contributed by atoms with E-state index in [-0.39, 0.29) is 12.2 Å². The van der Waals surface area contributed by atoms with Crippen molar-refractivity contribution in [1.29, 1.82) is 0 Å². The number of hydrogen-bond donors (Lipinski definition) is 0. The fourth-order valence-corrected chi connectivity index (χ4v) is 5.70. The summed E-state index contributed by atoms with van der Waals surface area (Å²) in [6.07, 6.45) is -0.580. The first-order valence-corrected chi connectivity index (χ1v) is 12.8. The highest BCUT2D eigenvalue weighted by Crippen LogP contribution is 2.56. The normalized spacial score (nSPS) is 18.8. The third kappa shape index (κ3) is 3.65. The van der Waals surface area contributed by atoms with Gasteiger partial charge >= 0.3 is 0 Å². The zero-order valence-electron chi connectivity index (χ0n) is 20.3. The summed E-state index contributed by atoms with van der Waals surface area (Å²) >= 11 is 0. The molecule has 2 nitrogen and oxygen atoms in total. The Bertz CT molecular complexity index is 1550. The van der Waals surface area contributed by atoms with E-state index in [0.29, 0.717) is 0 Å². The molecule has 7 rings (SSSR count). The van der Waals surface area contributed by atoms with E-state index >= 15 is 0 Å². The first-order chi connectivity index (χ1) is 18.3. The van der Waals surface area contributed by atoms with Crippen LogP contribution in [0, 0.1) is 0 Å². The summed E-state index contributed by atoms with van der Waals surface area (Å²) in [5.74, 6) is -1.11. The highest BCUT2D eigenvalue weighted by molar-refractivity contribution is 5.90. The smallest absolute Gasteiger partial charge is 0.224 e. The molecular weight excluding hydrogens is 452 g/mol. The van der Waals surface area contributed by atoms with Crippen LogP contribution in [0.15, 0.2) is 146 Å². The predicted molar refractivity (Wildman–Crippen MR) is 149 cm³/mol. The minimum atomic E-state index is -1.11. The van der Waals surface area contributed by atoms with Crippen LogP contribution in [-0.4, -0.2) is 0 Å². The lowest BCUT2D eigenvalue weighted by Crippen LogP contribution is -2.29. The molecule has 0 aromatic heterocycles. The third-order valence-corrected chi connectivity index (χ3v) is 7.41. The molecule has 0 aliphatic carbocycles. The minimum Gasteiger partial charge on any atom is -0.331 e. The Labute approximate surface area is 216 Å². The fourth-order valence-electron chi connectivity index (χ4n) is 5.70. The van der Waals surface area contributed by atoms with Gasteiger partial charge in [-0.2, -0.15) is 0 Å². The second-order valence-electron chi connectivity index (χ2n) is 9.57. The van der Waals surface area contributed by atoms with E-state index in [0.717, 1.165) is 43.8 Å². The van der Waals surface area contributed by atoms with Gasteiger partial charge in [0.1, 0.15) is 12.2 Å². The molecule has 0 unspecified atom stereocenters. The molecule has 178 valence electrons. The van der Waals surface area contributed by atoms with Gasteiger partial charge in [0.05, 0.1) is 0 Å². The van der Waals surface area contributed by atoms with E-state index in [4.69, 9.17) is 9.47 Å². The van der Waals surface area contributed by atoms with Crippen LogP contribution in [0.1, 0.15) is 34.5 Å². The summed E-state index contributed by atoms with van der Waals surface area (Å²) in [7, 11) is 0. The van der Waals surface area contributed by atoms with Gasteiger partial charge in [-0.1, -0.05) is 146 Å². The number of ether oxygens (including phenoxy) is 2. The van der Waals surface area contributed by atoms with Crippen LogP contribution in [0.4, 0.5) is 0 Å². The van der Waals surface area contributed by atoms with Gasteiger partial charge in [0, 0.05) is 11.1 Å². The van der Waals surface area contributed by atoms with Crippen LogP contribution in [-0.2, 0) is 15.3 Å². The number of hydrogen-bond acceptors (Lipinski definition) is 2. The van der Waals surface area contributed by atoms with Crippen molar-refractivity contribution >= 4 is 21.5 Å². The molecule has 0 amide bonds. The van der Waals surface area contributed by atoms with Crippen LogP contribution >= 0.6 is 0 Å². The summed E-state index contributed by atoms with van der Waals surface area (Å²) < 4.78 is 14.5. The molecule has 1 saturated heterocycles. The maximum Gasteiger partial charge on any atom is 0.224 e. The molecule has 1 aliphatic rings. The fraction of sp³-hybridized carbons (Fsp3) is 0.0857. The molecule has 2 heteroatoms. The lowest BCUT2D eigenvalue weighted by Gasteiger charge is -2.31. The van der Waals surface area contributed by atoms with Gasteiger partial charge in [0.15, 0.2) is 0 Å². The summed E-state index contributed by atoms with van der Waals surface area (Å²) in [4.78, 5) is 0. The highest BCUT2D eigenvalue weighted by Gasteiger charge is 2.52. The third-order valence-electron chi connectivity index (χ3n) is 7.41. The standard InChI is InChI=1S/C35H26O2/c1-3-15-27(16-4-1)33-34(28-17-5-2-6-18-28)37-35(36-33,31-23-11-19-25-13-7-9-21-29(25)31)32-24-12-20-26-14-8-10-22-30(26)32/h1-24,33-34H/t33-,34-/m1/s1. The van der Waals surface area contributed by atoms with Crippen LogP contribution in [0.2, 0.25) is 0 Å². The number of fused-ring (bicyclic) bond motifs is 2. The van der Waals surface area contributed by atoms with Crippen molar-refractivity contribution in [2.75, 3.05) is 0 Å². The molecule has 1 heterocycles. The van der Waals surface area contributed by atoms with Gasteiger partial charge in [-0.15, -0.1) is 0 Å². The lowest BCUT2D eigenvalue weighted by molar-refractivity contribution is -0.149. The molecular formula is C35H26O2. The monoisotopic (exact) mass is 478 g/mol. The molecule has 0 saturated carbocycles. The zero-order chi connectivity index (χ0) is 24.7. The molecule has 2 atom stereocenters. The van der Waals surface area contributed by atoms with Crippen molar-refractivity contribution in [3.05, 3.63) is 168 Å².